The van der Waals surface area contributed by atoms with Gasteiger partial charge in [0.2, 0.25) is 5.88 Å². The number of hydrogen-bond acceptors (Lipinski definition) is 4. The minimum atomic E-state index is -0.494. The topological polar surface area (TPSA) is 65.3 Å². The van der Waals surface area contributed by atoms with Crippen LogP contribution in [0.3, 0.4) is 0 Å². The second-order valence-corrected chi connectivity index (χ2v) is 5.79. The normalized spacial score (nSPS) is 27.0. The van der Waals surface area contributed by atoms with Crippen LogP contribution in [0.15, 0.2) is 12.1 Å². The Labute approximate surface area is 117 Å². The molecule has 104 valence electrons. The van der Waals surface area contributed by atoms with E-state index in [-0.39, 0.29) is 22.8 Å². The lowest BCUT2D eigenvalue weighted by Gasteiger charge is -2.31. The smallest absolute Gasteiger partial charge is 0.277 e. The molecule has 0 radical (unpaired) electrons. The Kier molecular flexibility index (Phi) is 4.24. The van der Waals surface area contributed by atoms with Crippen LogP contribution in [0, 0.1) is 22.0 Å². The summed E-state index contributed by atoms with van der Waals surface area (Å²) in [5.74, 6) is 1.44. The molecular formula is C13H17ClN2O3. The molecule has 1 fully saturated rings. The predicted octanol–water partition coefficient (Wildman–Crippen LogP) is 3.85. The summed E-state index contributed by atoms with van der Waals surface area (Å²) in [6, 6.07) is 2.55. The molecule has 1 saturated carbocycles. The average Bonchev–Trinajstić information content (AvgIpc) is 2.26. The third-order valence-electron chi connectivity index (χ3n) is 3.39. The zero-order valence-corrected chi connectivity index (χ0v) is 11.8. The molecule has 0 N–H and O–H groups in total. The Morgan fingerprint density at radius 3 is 2.53 bits per heavy atom. The minimum absolute atomic E-state index is 0.0596. The molecule has 0 saturated heterocycles. The molecule has 2 unspecified atom stereocenters. The van der Waals surface area contributed by atoms with Gasteiger partial charge in [0.25, 0.3) is 5.69 Å². The Hall–Kier alpha value is -1.36. The van der Waals surface area contributed by atoms with E-state index >= 15 is 0 Å². The molecule has 0 bridgehead atoms. The Balaban J connectivity index is 2.12. The fourth-order valence-electron chi connectivity index (χ4n) is 2.77. The van der Waals surface area contributed by atoms with Crippen LogP contribution in [0.4, 0.5) is 5.69 Å². The van der Waals surface area contributed by atoms with E-state index in [1.807, 2.05) is 0 Å². The molecule has 2 atom stereocenters. The van der Waals surface area contributed by atoms with Crippen LogP contribution in [0.1, 0.15) is 33.1 Å². The van der Waals surface area contributed by atoms with Gasteiger partial charge in [-0.25, -0.2) is 4.98 Å². The summed E-state index contributed by atoms with van der Waals surface area (Å²) >= 11 is 5.77. The molecule has 19 heavy (non-hydrogen) atoms. The maximum atomic E-state index is 10.8. The molecule has 0 aliphatic heterocycles. The van der Waals surface area contributed by atoms with Crippen molar-refractivity contribution in [2.75, 3.05) is 0 Å². The van der Waals surface area contributed by atoms with Gasteiger partial charge in [0.1, 0.15) is 11.3 Å². The number of pyridine rings is 1. The molecular weight excluding hydrogens is 268 g/mol. The standard InChI is InChI=1S/C13H17ClN2O3/c1-8-3-9(2)5-11(4-8)19-13-7-10(16(17)18)6-12(14)15-13/h6-9,11H,3-5H2,1-2H3. The van der Waals surface area contributed by atoms with Crippen molar-refractivity contribution in [3.63, 3.8) is 0 Å². The highest BCUT2D eigenvalue weighted by Gasteiger charge is 2.26. The number of nitro groups is 1. The van der Waals surface area contributed by atoms with Gasteiger partial charge in [-0.1, -0.05) is 25.4 Å². The van der Waals surface area contributed by atoms with E-state index in [1.54, 1.807) is 0 Å². The van der Waals surface area contributed by atoms with Crippen molar-refractivity contribution in [3.8, 4) is 5.88 Å². The summed E-state index contributed by atoms with van der Waals surface area (Å²) in [5, 5.41) is 10.8. The van der Waals surface area contributed by atoms with Crippen LogP contribution < -0.4 is 4.74 Å². The second-order valence-electron chi connectivity index (χ2n) is 5.40. The van der Waals surface area contributed by atoms with E-state index in [4.69, 9.17) is 16.3 Å². The number of halogens is 1. The first-order valence-corrected chi connectivity index (χ1v) is 6.80. The van der Waals surface area contributed by atoms with Crippen LogP contribution in [-0.2, 0) is 0 Å². The van der Waals surface area contributed by atoms with Gasteiger partial charge in [-0.15, -0.1) is 0 Å². The van der Waals surface area contributed by atoms with Gasteiger partial charge in [0.05, 0.1) is 17.1 Å². The van der Waals surface area contributed by atoms with Crippen LogP contribution in [0.2, 0.25) is 5.15 Å². The maximum Gasteiger partial charge on any atom is 0.277 e. The molecule has 6 heteroatoms. The Morgan fingerprint density at radius 1 is 1.32 bits per heavy atom. The average molecular weight is 285 g/mol. The fourth-order valence-corrected chi connectivity index (χ4v) is 2.96. The van der Waals surface area contributed by atoms with Gasteiger partial charge in [0, 0.05) is 0 Å². The number of aromatic nitrogens is 1. The third kappa shape index (κ3) is 3.80. The number of ether oxygens (including phenoxy) is 1. The van der Waals surface area contributed by atoms with Crippen molar-refractivity contribution < 1.29 is 9.66 Å². The zero-order chi connectivity index (χ0) is 14.0. The van der Waals surface area contributed by atoms with Crippen molar-refractivity contribution in [1.82, 2.24) is 4.98 Å². The van der Waals surface area contributed by atoms with E-state index in [9.17, 15) is 10.1 Å². The van der Waals surface area contributed by atoms with Crippen molar-refractivity contribution in [1.29, 1.82) is 0 Å². The molecule has 5 nitrogen and oxygen atoms in total. The highest BCUT2D eigenvalue weighted by Crippen LogP contribution is 2.32. The Morgan fingerprint density at radius 2 is 1.95 bits per heavy atom. The Bertz CT molecular complexity index is 471. The largest absolute Gasteiger partial charge is 0.474 e. The lowest BCUT2D eigenvalue weighted by atomic mass is 9.82. The van der Waals surface area contributed by atoms with Gasteiger partial charge in [-0.3, -0.25) is 10.1 Å². The summed E-state index contributed by atoms with van der Waals surface area (Å²) in [4.78, 5) is 14.3. The molecule has 0 aromatic carbocycles. The first kappa shape index (κ1) is 14.1. The lowest BCUT2D eigenvalue weighted by molar-refractivity contribution is -0.385. The van der Waals surface area contributed by atoms with Crippen molar-refractivity contribution in [2.24, 2.45) is 11.8 Å². The van der Waals surface area contributed by atoms with Gasteiger partial charge < -0.3 is 4.74 Å². The molecule has 2 rings (SSSR count). The van der Waals surface area contributed by atoms with E-state index < -0.39 is 4.92 Å². The molecule has 1 aliphatic rings. The van der Waals surface area contributed by atoms with Crippen LogP contribution in [-0.4, -0.2) is 16.0 Å². The van der Waals surface area contributed by atoms with E-state index in [1.165, 1.54) is 18.6 Å². The molecule has 1 aromatic rings. The summed E-state index contributed by atoms with van der Waals surface area (Å²) in [6.45, 7) is 4.39. The first-order chi connectivity index (χ1) is 8.94. The summed E-state index contributed by atoms with van der Waals surface area (Å²) in [7, 11) is 0. The highest BCUT2D eigenvalue weighted by molar-refractivity contribution is 6.29. The number of rotatable bonds is 3. The summed E-state index contributed by atoms with van der Waals surface area (Å²) < 4.78 is 5.77. The van der Waals surface area contributed by atoms with Crippen LogP contribution in [0.25, 0.3) is 0 Å². The van der Waals surface area contributed by atoms with E-state index in [0.717, 1.165) is 12.8 Å². The maximum absolute atomic E-state index is 10.8. The molecule has 0 amide bonds. The van der Waals surface area contributed by atoms with E-state index in [2.05, 4.69) is 18.8 Å². The quantitative estimate of drug-likeness (QED) is 0.480. The van der Waals surface area contributed by atoms with Gasteiger partial charge >= 0.3 is 0 Å². The number of nitrogens with zero attached hydrogens (tertiary/aromatic N) is 2. The predicted molar refractivity (Wildman–Crippen MR) is 72.5 cm³/mol. The molecule has 1 heterocycles. The van der Waals surface area contributed by atoms with E-state index in [0.29, 0.717) is 11.8 Å². The van der Waals surface area contributed by atoms with Crippen molar-refractivity contribution >= 4 is 17.3 Å². The highest BCUT2D eigenvalue weighted by atomic mass is 35.5. The van der Waals surface area contributed by atoms with Crippen LogP contribution >= 0.6 is 11.6 Å². The summed E-state index contributed by atoms with van der Waals surface area (Å²) in [5.41, 5.74) is -0.0908. The van der Waals surface area contributed by atoms with Gasteiger partial charge in [0.15, 0.2) is 0 Å². The second kappa shape index (κ2) is 5.74. The first-order valence-electron chi connectivity index (χ1n) is 6.42. The minimum Gasteiger partial charge on any atom is -0.474 e. The molecule has 1 aromatic heterocycles. The fraction of sp³-hybridized carbons (Fsp3) is 0.615. The zero-order valence-electron chi connectivity index (χ0n) is 11.0. The monoisotopic (exact) mass is 284 g/mol. The van der Waals surface area contributed by atoms with Gasteiger partial charge in [-0.05, 0) is 31.1 Å². The summed E-state index contributed by atoms with van der Waals surface area (Å²) in [6.07, 6.45) is 3.16. The SMILES string of the molecule is CC1CC(C)CC(Oc2cc([N+](=O)[O-])cc(Cl)n2)C1. The number of hydrogen-bond donors (Lipinski definition) is 0. The lowest BCUT2D eigenvalue weighted by Crippen LogP contribution is -2.28. The van der Waals surface area contributed by atoms with Crippen LogP contribution in [0.5, 0.6) is 5.88 Å². The van der Waals surface area contributed by atoms with Crippen molar-refractivity contribution in [2.45, 2.75) is 39.2 Å². The van der Waals surface area contributed by atoms with Gasteiger partial charge in [-0.2, -0.15) is 0 Å². The van der Waals surface area contributed by atoms with Crippen molar-refractivity contribution in [3.05, 3.63) is 27.4 Å². The molecule has 1 aliphatic carbocycles. The third-order valence-corrected chi connectivity index (χ3v) is 3.58. The molecule has 0 spiro atoms.